The summed E-state index contributed by atoms with van der Waals surface area (Å²) in [5, 5.41) is 0.659. The van der Waals surface area contributed by atoms with Crippen LogP contribution >= 0.6 is 15.9 Å². The summed E-state index contributed by atoms with van der Waals surface area (Å²) in [4.78, 5) is 0.651. The maximum Gasteiger partial charge on any atom is 0.268 e. The predicted octanol–water partition coefficient (Wildman–Crippen LogP) is 3.78. The van der Waals surface area contributed by atoms with Crippen molar-refractivity contribution in [3.05, 3.63) is 53.1 Å². The number of ether oxygens (including phenoxy) is 1. The second-order valence-corrected chi connectivity index (χ2v) is 9.70. The minimum atomic E-state index is -3.81. The van der Waals surface area contributed by atoms with Crippen molar-refractivity contribution in [2.75, 3.05) is 12.9 Å². The van der Waals surface area contributed by atoms with Gasteiger partial charge in [0.1, 0.15) is 5.75 Å². The summed E-state index contributed by atoms with van der Waals surface area (Å²) in [5.41, 5.74) is 0.496. The Labute approximate surface area is 157 Å². The average molecular weight is 442 g/mol. The van der Waals surface area contributed by atoms with Crippen LogP contribution in [0.25, 0.3) is 10.9 Å². The summed E-state index contributed by atoms with van der Waals surface area (Å²) < 4.78 is 45.6. The average Bonchev–Trinajstić information content (AvgIpc) is 3.00. The first-order chi connectivity index (χ1) is 11.9. The van der Waals surface area contributed by atoms with Crippen molar-refractivity contribution in [3.63, 3.8) is 0 Å². The molecule has 0 aliphatic rings. The molecule has 132 valence electrons. The molecule has 1 atom stereocenters. The molecule has 1 unspecified atom stereocenters. The van der Waals surface area contributed by atoms with Gasteiger partial charge in [-0.2, -0.15) is 0 Å². The number of benzene rings is 2. The number of rotatable bonds is 5. The second-order valence-electron chi connectivity index (χ2n) is 5.27. The zero-order valence-electron chi connectivity index (χ0n) is 13.6. The van der Waals surface area contributed by atoms with Crippen LogP contribution in [0.1, 0.15) is 6.92 Å². The predicted molar refractivity (Wildman–Crippen MR) is 102 cm³/mol. The largest absolute Gasteiger partial charge is 0.497 e. The van der Waals surface area contributed by atoms with Crippen LogP contribution in [0.2, 0.25) is 0 Å². The van der Waals surface area contributed by atoms with Gasteiger partial charge >= 0.3 is 0 Å². The van der Waals surface area contributed by atoms with Gasteiger partial charge in [0.15, 0.2) is 0 Å². The summed E-state index contributed by atoms with van der Waals surface area (Å²) in [5.74, 6) is 0.988. The van der Waals surface area contributed by atoms with Crippen molar-refractivity contribution in [1.82, 2.24) is 3.97 Å². The molecule has 5 nitrogen and oxygen atoms in total. The highest BCUT2D eigenvalue weighted by molar-refractivity contribution is 9.10. The molecule has 0 saturated heterocycles. The summed E-state index contributed by atoms with van der Waals surface area (Å²) in [6.45, 7) is 1.80. The van der Waals surface area contributed by atoms with E-state index in [9.17, 15) is 12.6 Å². The lowest BCUT2D eigenvalue weighted by atomic mass is 10.2. The van der Waals surface area contributed by atoms with E-state index >= 15 is 0 Å². The van der Waals surface area contributed by atoms with Gasteiger partial charge in [-0.05, 0) is 42.5 Å². The van der Waals surface area contributed by atoms with Gasteiger partial charge in [0.25, 0.3) is 10.0 Å². The van der Waals surface area contributed by atoms with Crippen molar-refractivity contribution >= 4 is 47.7 Å². The smallest absolute Gasteiger partial charge is 0.268 e. The van der Waals surface area contributed by atoms with Crippen molar-refractivity contribution in [2.45, 2.75) is 16.7 Å². The molecule has 2 aromatic carbocycles. The molecule has 0 amide bonds. The molecule has 8 heteroatoms. The monoisotopic (exact) mass is 441 g/mol. The highest BCUT2D eigenvalue weighted by Gasteiger charge is 2.23. The molecule has 3 aromatic rings. The Morgan fingerprint density at radius 2 is 1.84 bits per heavy atom. The van der Waals surface area contributed by atoms with Crippen LogP contribution in [0.5, 0.6) is 5.75 Å². The fraction of sp³-hybridized carbons (Fsp3) is 0.176. The fourth-order valence-electron chi connectivity index (χ4n) is 2.54. The maximum atomic E-state index is 13.1. The molecule has 1 aromatic heterocycles. The Kier molecular flexibility index (Phi) is 5.04. The second kappa shape index (κ2) is 6.93. The number of hydrogen-bond donors (Lipinski definition) is 0. The van der Waals surface area contributed by atoms with Crippen LogP contribution in [0.3, 0.4) is 0 Å². The molecule has 3 rings (SSSR count). The van der Waals surface area contributed by atoms with Crippen LogP contribution in [0.15, 0.2) is 62.9 Å². The van der Waals surface area contributed by atoms with E-state index in [1.165, 1.54) is 29.4 Å². The SMILES string of the molecule is CCS(=O)c1cn(S(=O)(=O)c2ccc(OC)cc2)c2ccc(Br)cc12. The van der Waals surface area contributed by atoms with Crippen LogP contribution in [-0.4, -0.2) is 29.5 Å². The van der Waals surface area contributed by atoms with Gasteiger partial charge in [-0.15, -0.1) is 0 Å². The number of nitrogens with zero attached hydrogens (tertiary/aromatic N) is 1. The van der Waals surface area contributed by atoms with Gasteiger partial charge in [0.2, 0.25) is 0 Å². The minimum Gasteiger partial charge on any atom is -0.497 e. The van der Waals surface area contributed by atoms with Crippen molar-refractivity contribution in [1.29, 1.82) is 0 Å². The molecule has 0 aliphatic carbocycles. The fourth-order valence-corrected chi connectivity index (χ4v) is 5.28. The first kappa shape index (κ1) is 18.2. The van der Waals surface area contributed by atoms with Crippen LogP contribution in [0, 0.1) is 0 Å². The van der Waals surface area contributed by atoms with Gasteiger partial charge in [-0.1, -0.05) is 22.9 Å². The third-order valence-electron chi connectivity index (χ3n) is 3.82. The Morgan fingerprint density at radius 3 is 2.44 bits per heavy atom. The summed E-state index contributed by atoms with van der Waals surface area (Å²) >= 11 is 3.39. The molecule has 0 spiro atoms. The van der Waals surface area contributed by atoms with Crippen LogP contribution in [0.4, 0.5) is 0 Å². The zero-order chi connectivity index (χ0) is 18.2. The Bertz CT molecular complexity index is 1060. The molecule has 0 radical (unpaired) electrons. The van der Waals surface area contributed by atoms with Crippen LogP contribution in [-0.2, 0) is 20.8 Å². The van der Waals surface area contributed by atoms with Gasteiger partial charge < -0.3 is 4.74 Å². The minimum absolute atomic E-state index is 0.141. The third kappa shape index (κ3) is 3.26. The van der Waals surface area contributed by atoms with Gasteiger partial charge in [-0.25, -0.2) is 12.4 Å². The third-order valence-corrected chi connectivity index (χ3v) is 7.34. The van der Waals surface area contributed by atoms with E-state index in [1.54, 1.807) is 37.3 Å². The highest BCUT2D eigenvalue weighted by Crippen LogP contribution is 2.31. The van der Waals surface area contributed by atoms with Gasteiger partial charge in [0.05, 0.1) is 33.2 Å². The summed E-state index contributed by atoms with van der Waals surface area (Å²) in [6, 6.07) is 11.4. The van der Waals surface area contributed by atoms with E-state index in [-0.39, 0.29) is 4.90 Å². The Balaban J connectivity index is 2.25. The number of aromatic nitrogens is 1. The lowest BCUT2D eigenvalue weighted by Crippen LogP contribution is -2.11. The van der Waals surface area contributed by atoms with E-state index in [4.69, 9.17) is 4.74 Å². The van der Waals surface area contributed by atoms with Crippen molar-refractivity contribution in [3.8, 4) is 5.75 Å². The quantitative estimate of drug-likeness (QED) is 0.604. The highest BCUT2D eigenvalue weighted by atomic mass is 79.9. The normalized spacial score (nSPS) is 13.1. The number of methoxy groups -OCH3 is 1. The first-order valence-electron chi connectivity index (χ1n) is 7.47. The van der Waals surface area contributed by atoms with Crippen LogP contribution < -0.4 is 4.74 Å². The molecular weight excluding hydrogens is 426 g/mol. The molecule has 0 saturated carbocycles. The van der Waals surface area contributed by atoms with Gasteiger partial charge in [0, 0.05) is 21.8 Å². The molecule has 0 bridgehead atoms. The summed E-state index contributed by atoms with van der Waals surface area (Å²) in [6.07, 6.45) is 1.45. The Morgan fingerprint density at radius 1 is 1.16 bits per heavy atom. The van der Waals surface area contributed by atoms with Crippen molar-refractivity contribution in [2.24, 2.45) is 0 Å². The topological polar surface area (TPSA) is 65.4 Å². The van der Waals surface area contributed by atoms with Crippen molar-refractivity contribution < 1.29 is 17.4 Å². The molecule has 1 heterocycles. The standard InChI is InChI=1S/C17H16BrNO4S2/c1-3-24(20)17-11-19(16-9-4-12(18)10-15(16)17)25(21,22)14-7-5-13(23-2)6-8-14/h4-11H,3H2,1-2H3. The summed E-state index contributed by atoms with van der Waals surface area (Å²) in [7, 11) is -3.57. The number of hydrogen-bond acceptors (Lipinski definition) is 4. The van der Waals surface area contributed by atoms with Gasteiger partial charge in [-0.3, -0.25) is 4.21 Å². The molecule has 0 N–H and O–H groups in total. The molecular formula is C17H16BrNO4S2. The number of halogens is 1. The lowest BCUT2D eigenvalue weighted by molar-refractivity contribution is 0.414. The molecule has 25 heavy (non-hydrogen) atoms. The molecule has 0 fully saturated rings. The van der Waals surface area contributed by atoms with E-state index in [0.29, 0.717) is 27.3 Å². The zero-order valence-corrected chi connectivity index (χ0v) is 16.8. The van der Waals surface area contributed by atoms with E-state index in [0.717, 1.165) is 4.47 Å². The first-order valence-corrected chi connectivity index (χ1v) is 11.0. The van der Waals surface area contributed by atoms with E-state index < -0.39 is 20.8 Å². The number of fused-ring (bicyclic) bond motifs is 1. The Hall–Kier alpha value is -1.64. The van der Waals surface area contributed by atoms with E-state index in [1.807, 2.05) is 0 Å². The maximum absolute atomic E-state index is 13.1. The van der Waals surface area contributed by atoms with E-state index in [2.05, 4.69) is 15.9 Å². The molecule has 0 aliphatic heterocycles. The lowest BCUT2D eigenvalue weighted by Gasteiger charge is -2.08.